The van der Waals surface area contributed by atoms with E-state index in [1.807, 2.05) is 25.1 Å². The molecule has 0 aromatic heterocycles. The lowest BCUT2D eigenvalue weighted by atomic mass is 10.1. The predicted molar refractivity (Wildman–Crippen MR) is 100 cm³/mol. The quantitative estimate of drug-likeness (QED) is 0.816. The average molecular weight is 368 g/mol. The highest BCUT2D eigenvalue weighted by atomic mass is 16.5. The van der Waals surface area contributed by atoms with Gasteiger partial charge in [0.1, 0.15) is 5.75 Å². The number of amides is 2. The number of nitrogens with zero attached hydrogens (tertiary/aromatic N) is 1. The molecule has 0 bridgehead atoms. The zero-order valence-electron chi connectivity index (χ0n) is 14.9. The standard InChI is InChI=1S/C20H20N2O5/c1-13-2-7-17-16(10-13)22(19(24)12-27-17)9-8-18(23)21-15-5-3-14(4-6-15)11-20(25)26/h2-7,10H,8-9,11-12H2,1H3,(H,21,23)(H,25,26). The molecule has 3 rings (SSSR count). The maximum Gasteiger partial charge on any atom is 0.307 e. The van der Waals surface area contributed by atoms with Crippen LogP contribution in [-0.4, -0.2) is 36.0 Å². The first-order valence-electron chi connectivity index (χ1n) is 8.57. The molecule has 0 spiro atoms. The minimum atomic E-state index is -0.905. The molecule has 0 atom stereocenters. The Labute approximate surface area is 156 Å². The largest absolute Gasteiger partial charge is 0.482 e. The first-order valence-corrected chi connectivity index (χ1v) is 8.57. The summed E-state index contributed by atoms with van der Waals surface area (Å²) >= 11 is 0. The molecule has 2 aromatic carbocycles. The predicted octanol–water partition coefficient (Wildman–Crippen LogP) is 2.38. The molecule has 1 heterocycles. The molecule has 0 unspecified atom stereocenters. The smallest absolute Gasteiger partial charge is 0.307 e. The van der Waals surface area contributed by atoms with Gasteiger partial charge in [-0.25, -0.2) is 0 Å². The van der Waals surface area contributed by atoms with Crippen LogP contribution in [0.5, 0.6) is 5.75 Å². The van der Waals surface area contributed by atoms with Gasteiger partial charge in [-0.2, -0.15) is 0 Å². The molecular weight excluding hydrogens is 348 g/mol. The Morgan fingerprint density at radius 2 is 1.93 bits per heavy atom. The van der Waals surface area contributed by atoms with Crippen LogP contribution in [0.4, 0.5) is 11.4 Å². The fourth-order valence-electron chi connectivity index (χ4n) is 2.87. The van der Waals surface area contributed by atoms with Crippen molar-refractivity contribution < 1.29 is 24.2 Å². The monoisotopic (exact) mass is 368 g/mol. The third-order valence-electron chi connectivity index (χ3n) is 4.21. The summed E-state index contributed by atoms with van der Waals surface area (Å²) in [4.78, 5) is 36.7. The Bertz CT molecular complexity index is 876. The van der Waals surface area contributed by atoms with Crippen LogP contribution in [0.15, 0.2) is 42.5 Å². The molecule has 27 heavy (non-hydrogen) atoms. The Kier molecular flexibility index (Phi) is 5.40. The lowest BCUT2D eigenvalue weighted by Crippen LogP contribution is -2.40. The number of rotatable bonds is 6. The number of anilines is 2. The van der Waals surface area contributed by atoms with Gasteiger partial charge in [0.2, 0.25) is 5.91 Å². The normalized spacial score (nSPS) is 12.9. The first kappa shape index (κ1) is 18.4. The van der Waals surface area contributed by atoms with Crippen molar-refractivity contribution in [3.8, 4) is 5.75 Å². The fraction of sp³-hybridized carbons (Fsp3) is 0.250. The van der Waals surface area contributed by atoms with Crippen molar-refractivity contribution in [1.82, 2.24) is 0 Å². The van der Waals surface area contributed by atoms with Crippen LogP contribution in [0, 0.1) is 6.92 Å². The maximum absolute atomic E-state index is 12.2. The molecular formula is C20H20N2O5. The number of hydrogen-bond donors (Lipinski definition) is 2. The number of carboxylic acid groups (broad SMARTS) is 1. The molecule has 1 aliphatic rings. The molecule has 7 heteroatoms. The van der Waals surface area contributed by atoms with Crippen molar-refractivity contribution in [2.45, 2.75) is 19.8 Å². The Morgan fingerprint density at radius 1 is 1.19 bits per heavy atom. The second-order valence-electron chi connectivity index (χ2n) is 6.37. The van der Waals surface area contributed by atoms with E-state index in [1.54, 1.807) is 29.2 Å². The van der Waals surface area contributed by atoms with Crippen molar-refractivity contribution in [2.24, 2.45) is 0 Å². The summed E-state index contributed by atoms with van der Waals surface area (Å²) in [7, 11) is 0. The van der Waals surface area contributed by atoms with E-state index in [-0.39, 0.29) is 37.8 Å². The van der Waals surface area contributed by atoms with Gasteiger partial charge >= 0.3 is 5.97 Å². The van der Waals surface area contributed by atoms with Crippen molar-refractivity contribution in [3.05, 3.63) is 53.6 Å². The molecule has 0 fully saturated rings. The van der Waals surface area contributed by atoms with E-state index in [9.17, 15) is 14.4 Å². The summed E-state index contributed by atoms with van der Waals surface area (Å²) in [5.41, 5.74) is 2.92. The van der Waals surface area contributed by atoms with Gasteiger partial charge < -0.3 is 20.1 Å². The molecule has 2 aromatic rings. The molecule has 140 valence electrons. The van der Waals surface area contributed by atoms with E-state index >= 15 is 0 Å². The number of ether oxygens (including phenoxy) is 1. The molecule has 0 saturated carbocycles. The summed E-state index contributed by atoms with van der Waals surface area (Å²) < 4.78 is 5.43. The van der Waals surface area contributed by atoms with Crippen molar-refractivity contribution in [2.75, 3.05) is 23.4 Å². The second kappa shape index (κ2) is 7.90. The van der Waals surface area contributed by atoms with E-state index in [1.165, 1.54) is 0 Å². The van der Waals surface area contributed by atoms with Gasteiger partial charge in [0.25, 0.3) is 5.91 Å². The van der Waals surface area contributed by atoms with Crippen LogP contribution in [0.25, 0.3) is 0 Å². The number of hydrogen-bond acceptors (Lipinski definition) is 4. The summed E-state index contributed by atoms with van der Waals surface area (Å²) in [5.74, 6) is -0.680. The van der Waals surface area contributed by atoms with Crippen LogP contribution in [-0.2, 0) is 20.8 Å². The number of benzene rings is 2. The molecule has 2 N–H and O–H groups in total. The molecule has 0 saturated heterocycles. The van der Waals surface area contributed by atoms with Gasteiger partial charge in [-0.3, -0.25) is 14.4 Å². The average Bonchev–Trinajstić information content (AvgIpc) is 2.62. The Hall–Kier alpha value is -3.35. The summed E-state index contributed by atoms with van der Waals surface area (Å²) in [5, 5.41) is 11.5. The number of carbonyl (C=O) groups is 3. The minimum Gasteiger partial charge on any atom is -0.482 e. The van der Waals surface area contributed by atoms with E-state index in [0.717, 1.165) is 5.56 Å². The summed E-state index contributed by atoms with van der Waals surface area (Å²) in [6, 6.07) is 12.2. The third kappa shape index (κ3) is 4.63. The highest BCUT2D eigenvalue weighted by molar-refractivity contribution is 5.99. The van der Waals surface area contributed by atoms with Crippen LogP contribution >= 0.6 is 0 Å². The van der Waals surface area contributed by atoms with Crippen LogP contribution in [0.3, 0.4) is 0 Å². The van der Waals surface area contributed by atoms with Gasteiger partial charge in [0.15, 0.2) is 6.61 Å². The van der Waals surface area contributed by atoms with Crippen molar-refractivity contribution in [3.63, 3.8) is 0 Å². The second-order valence-corrected chi connectivity index (χ2v) is 6.37. The van der Waals surface area contributed by atoms with Crippen LogP contribution in [0.2, 0.25) is 0 Å². The Balaban J connectivity index is 1.60. The zero-order chi connectivity index (χ0) is 19.4. The third-order valence-corrected chi connectivity index (χ3v) is 4.21. The lowest BCUT2D eigenvalue weighted by Gasteiger charge is -2.29. The Morgan fingerprint density at radius 3 is 2.63 bits per heavy atom. The first-order chi connectivity index (χ1) is 12.9. The molecule has 0 radical (unpaired) electrons. The topological polar surface area (TPSA) is 95.9 Å². The van der Waals surface area contributed by atoms with E-state index in [0.29, 0.717) is 22.7 Å². The van der Waals surface area contributed by atoms with E-state index in [4.69, 9.17) is 9.84 Å². The van der Waals surface area contributed by atoms with E-state index in [2.05, 4.69) is 5.32 Å². The SMILES string of the molecule is Cc1ccc2c(c1)N(CCC(=O)Nc1ccc(CC(=O)O)cc1)C(=O)CO2. The fourth-order valence-corrected chi connectivity index (χ4v) is 2.87. The van der Waals surface area contributed by atoms with Gasteiger partial charge in [-0.1, -0.05) is 18.2 Å². The van der Waals surface area contributed by atoms with Crippen molar-refractivity contribution in [1.29, 1.82) is 0 Å². The maximum atomic E-state index is 12.2. The molecule has 1 aliphatic heterocycles. The minimum absolute atomic E-state index is 0.0390. The number of aryl methyl sites for hydroxylation is 1. The lowest BCUT2D eigenvalue weighted by molar-refractivity contribution is -0.136. The number of carboxylic acids is 1. The van der Waals surface area contributed by atoms with Crippen molar-refractivity contribution >= 4 is 29.2 Å². The number of fused-ring (bicyclic) bond motifs is 1. The van der Waals surface area contributed by atoms with Gasteiger partial charge in [0.05, 0.1) is 12.1 Å². The molecule has 0 aliphatic carbocycles. The van der Waals surface area contributed by atoms with Gasteiger partial charge in [0, 0.05) is 18.7 Å². The van der Waals surface area contributed by atoms with Gasteiger partial charge in [-0.05, 0) is 42.3 Å². The van der Waals surface area contributed by atoms with E-state index < -0.39 is 5.97 Å². The number of nitrogens with one attached hydrogen (secondary N) is 1. The molecule has 2 amide bonds. The highest BCUT2D eigenvalue weighted by Crippen LogP contribution is 2.32. The number of aliphatic carboxylic acids is 1. The number of carbonyl (C=O) groups excluding carboxylic acids is 2. The van der Waals surface area contributed by atoms with Crippen LogP contribution in [0.1, 0.15) is 17.5 Å². The summed E-state index contributed by atoms with van der Waals surface area (Å²) in [6.07, 6.45) is 0.0716. The zero-order valence-corrected chi connectivity index (χ0v) is 14.9. The van der Waals surface area contributed by atoms with Gasteiger partial charge in [-0.15, -0.1) is 0 Å². The molecule has 7 nitrogen and oxygen atoms in total. The highest BCUT2D eigenvalue weighted by Gasteiger charge is 2.25. The van der Waals surface area contributed by atoms with Crippen LogP contribution < -0.4 is 15.0 Å². The summed E-state index contributed by atoms with van der Waals surface area (Å²) in [6.45, 7) is 2.14.